The average Bonchev–Trinajstić information content (AvgIpc) is 3.59. The summed E-state index contributed by atoms with van der Waals surface area (Å²) in [5.74, 6) is -0.354. The smallest absolute Gasteiger partial charge is 0.161 e. The Morgan fingerprint density at radius 2 is 0.418 bits per heavy atom. The Hall–Kier alpha value is -10.1. The van der Waals surface area contributed by atoms with E-state index in [0.29, 0.717) is 10.6 Å². The van der Waals surface area contributed by atoms with Crippen LogP contribution in [-0.4, -0.2) is 0 Å². The largest absolute Gasteiger partial charge is 0.310 e. The molecule has 79 heavy (non-hydrogen) atoms. The Morgan fingerprint density at radius 3 is 0.671 bits per heavy atom. The van der Waals surface area contributed by atoms with Gasteiger partial charge in [0, 0.05) is 67.5 Å². The van der Waals surface area contributed by atoms with Gasteiger partial charge in [-0.05, 0) is 158 Å². The predicted octanol–water partition coefficient (Wildman–Crippen LogP) is 21.3. The fourth-order valence-electron chi connectivity index (χ4n) is 10.1. The molecule has 0 aliphatic carbocycles. The molecule has 7 heteroatoms. The molecule has 0 atom stereocenters. The van der Waals surface area contributed by atoms with Crippen LogP contribution in [-0.2, 0) is 0 Å². The van der Waals surface area contributed by atoms with Crippen LogP contribution < -0.4 is 24.5 Å². The number of rotatable bonds is 17. The summed E-state index contributed by atoms with van der Waals surface area (Å²) < 4.78 is 18.6. The van der Waals surface area contributed by atoms with E-state index >= 15 is 4.39 Å². The highest BCUT2D eigenvalue weighted by atomic mass is 32.2. The van der Waals surface area contributed by atoms with Gasteiger partial charge in [-0.25, -0.2) is 4.39 Å². The molecular formula is C72H54FN5S. The number of nitrogens with zero attached hydrogens (tertiary/aromatic N) is 5. The van der Waals surface area contributed by atoms with Gasteiger partial charge in [-0.2, -0.15) is 0 Å². The third kappa shape index (κ3) is 11.0. The first kappa shape index (κ1) is 49.8. The third-order valence-electron chi connectivity index (χ3n) is 13.6. The SMILES string of the molecule is Fc1c(Sc2cc(N(c3ccccc3)c3ccccc3)cc(N(c3ccccc3)c3ccccc3)c2)cccc1N(c1ccccc1)c1cc(N(c2ccccc2)c2ccccc2)cc(N(c2ccccc2)c2ccccc2)c1. The van der Waals surface area contributed by atoms with E-state index in [1.54, 1.807) is 0 Å². The molecule has 12 rings (SSSR count). The van der Waals surface area contributed by atoms with Gasteiger partial charge in [-0.3, -0.25) is 0 Å². The van der Waals surface area contributed by atoms with Crippen LogP contribution in [0.4, 0.5) is 89.7 Å². The van der Waals surface area contributed by atoms with Crippen molar-refractivity contribution in [3.63, 3.8) is 0 Å². The molecule has 5 nitrogen and oxygen atoms in total. The van der Waals surface area contributed by atoms with Crippen LogP contribution in [0.2, 0.25) is 0 Å². The summed E-state index contributed by atoms with van der Waals surface area (Å²) in [6, 6.07) is 112. The third-order valence-corrected chi connectivity index (χ3v) is 14.6. The van der Waals surface area contributed by atoms with Crippen LogP contribution in [0.1, 0.15) is 0 Å². The summed E-state index contributed by atoms with van der Waals surface area (Å²) in [5.41, 5.74) is 13.5. The molecule has 0 aliphatic heterocycles. The van der Waals surface area contributed by atoms with Gasteiger partial charge in [0.1, 0.15) is 0 Å². The van der Waals surface area contributed by atoms with Crippen LogP contribution >= 0.6 is 11.8 Å². The molecule has 12 aromatic carbocycles. The van der Waals surface area contributed by atoms with Crippen molar-refractivity contribution in [1.29, 1.82) is 0 Å². The van der Waals surface area contributed by atoms with E-state index in [1.807, 2.05) is 97.1 Å². The molecule has 0 saturated carbocycles. The molecule has 0 heterocycles. The molecule has 0 unspecified atom stereocenters. The molecule has 380 valence electrons. The van der Waals surface area contributed by atoms with Gasteiger partial charge in [0.25, 0.3) is 0 Å². The first-order chi connectivity index (χ1) is 39.1. The molecule has 12 aromatic rings. The minimum atomic E-state index is -0.354. The number of benzene rings is 12. The summed E-state index contributed by atoms with van der Waals surface area (Å²) in [6.07, 6.45) is 0. The zero-order valence-electron chi connectivity index (χ0n) is 43.2. The standard InChI is InChI=1S/C72H54FN5S/c73-72-70(47-28-48-71(72)79-69-53-67(76(59-37-18-5-19-38-59)60-39-20-6-21-40-60)52-68(54-69)77(61-41-22-7-23-42-61)62-43-24-8-25-44-62)78(63-45-26-9-27-46-63)66-50-64(74(55-29-10-1-11-30-55)56-31-12-2-13-32-56)49-65(51-66)75(57-33-14-3-15-34-57)58-35-16-4-17-36-58/h1-54H. The number of hydrogen-bond donors (Lipinski definition) is 0. The fourth-order valence-corrected chi connectivity index (χ4v) is 11.1. The lowest BCUT2D eigenvalue weighted by molar-refractivity contribution is 0.603. The van der Waals surface area contributed by atoms with Gasteiger partial charge in [0.2, 0.25) is 0 Å². The lowest BCUT2D eigenvalue weighted by atomic mass is 10.1. The van der Waals surface area contributed by atoms with Gasteiger partial charge in [-0.1, -0.05) is 182 Å². The Morgan fingerprint density at radius 1 is 0.203 bits per heavy atom. The summed E-state index contributed by atoms with van der Waals surface area (Å²) >= 11 is 1.41. The van der Waals surface area contributed by atoms with E-state index < -0.39 is 0 Å². The molecule has 0 fully saturated rings. The van der Waals surface area contributed by atoms with Crippen LogP contribution in [0.15, 0.2) is 337 Å². The highest BCUT2D eigenvalue weighted by Gasteiger charge is 2.26. The van der Waals surface area contributed by atoms with E-state index in [1.165, 1.54) is 11.8 Å². The summed E-state index contributed by atoms with van der Waals surface area (Å²) in [7, 11) is 0. The van der Waals surface area contributed by atoms with Crippen molar-refractivity contribution in [2.75, 3.05) is 24.5 Å². The zero-order chi connectivity index (χ0) is 53.2. The van der Waals surface area contributed by atoms with Crippen molar-refractivity contribution >= 4 is 97.1 Å². The van der Waals surface area contributed by atoms with Crippen LogP contribution in [0.5, 0.6) is 0 Å². The highest BCUT2D eigenvalue weighted by Crippen LogP contribution is 2.49. The summed E-state index contributed by atoms with van der Waals surface area (Å²) in [4.78, 5) is 12.4. The molecule has 0 bridgehead atoms. The maximum Gasteiger partial charge on any atom is 0.161 e. The summed E-state index contributed by atoms with van der Waals surface area (Å²) in [5, 5.41) is 0. The summed E-state index contributed by atoms with van der Waals surface area (Å²) in [6.45, 7) is 0. The second-order valence-electron chi connectivity index (χ2n) is 18.8. The normalized spacial score (nSPS) is 10.9. The molecular weight excluding hydrogens is 986 g/mol. The molecule has 0 amide bonds. The molecule has 0 radical (unpaired) electrons. The molecule has 0 N–H and O–H groups in total. The predicted molar refractivity (Wildman–Crippen MR) is 330 cm³/mol. The maximum absolute atomic E-state index is 18.6. The van der Waals surface area contributed by atoms with Crippen LogP contribution in [0, 0.1) is 5.82 Å². The Bertz CT molecular complexity index is 3520. The van der Waals surface area contributed by atoms with Crippen molar-refractivity contribution in [2.45, 2.75) is 9.79 Å². The van der Waals surface area contributed by atoms with Crippen LogP contribution in [0.25, 0.3) is 0 Å². The van der Waals surface area contributed by atoms with E-state index in [0.717, 1.165) is 84.5 Å². The van der Waals surface area contributed by atoms with E-state index in [2.05, 4.69) is 255 Å². The second-order valence-corrected chi connectivity index (χ2v) is 19.9. The van der Waals surface area contributed by atoms with E-state index in [4.69, 9.17) is 0 Å². The van der Waals surface area contributed by atoms with Gasteiger partial charge in [-0.15, -0.1) is 0 Å². The molecule has 0 spiro atoms. The first-order valence-electron chi connectivity index (χ1n) is 26.4. The van der Waals surface area contributed by atoms with Crippen molar-refractivity contribution in [2.24, 2.45) is 0 Å². The topological polar surface area (TPSA) is 16.2 Å². The maximum atomic E-state index is 18.6. The van der Waals surface area contributed by atoms with E-state index in [9.17, 15) is 0 Å². The Balaban J connectivity index is 1.05. The number of anilines is 15. The Labute approximate surface area is 466 Å². The number of para-hydroxylation sites is 9. The lowest BCUT2D eigenvalue weighted by Gasteiger charge is -2.33. The van der Waals surface area contributed by atoms with E-state index in [-0.39, 0.29) is 5.82 Å². The highest BCUT2D eigenvalue weighted by molar-refractivity contribution is 7.99. The monoisotopic (exact) mass is 1040 g/mol. The lowest BCUT2D eigenvalue weighted by Crippen LogP contribution is -2.17. The zero-order valence-corrected chi connectivity index (χ0v) is 44.0. The minimum absolute atomic E-state index is 0.354. The minimum Gasteiger partial charge on any atom is -0.310 e. The van der Waals surface area contributed by atoms with Gasteiger partial charge in [0.05, 0.1) is 27.6 Å². The Kier molecular flexibility index (Phi) is 14.8. The number of halogens is 1. The second kappa shape index (κ2) is 23.4. The van der Waals surface area contributed by atoms with Crippen molar-refractivity contribution in [3.05, 3.63) is 333 Å². The van der Waals surface area contributed by atoms with Crippen molar-refractivity contribution in [3.8, 4) is 0 Å². The van der Waals surface area contributed by atoms with Crippen molar-refractivity contribution < 1.29 is 4.39 Å². The van der Waals surface area contributed by atoms with Crippen LogP contribution in [0.3, 0.4) is 0 Å². The van der Waals surface area contributed by atoms with Gasteiger partial charge >= 0.3 is 0 Å². The van der Waals surface area contributed by atoms with Gasteiger partial charge < -0.3 is 24.5 Å². The number of hydrogen-bond acceptors (Lipinski definition) is 6. The van der Waals surface area contributed by atoms with Crippen molar-refractivity contribution in [1.82, 2.24) is 0 Å². The molecule has 0 aliphatic rings. The fraction of sp³-hybridized carbons (Fsp3) is 0. The molecule has 0 aromatic heterocycles. The average molecular weight is 1040 g/mol. The molecule has 0 saturated heterocycles. The first-order valence-corrected chi connectivity index (χ1v) is 27.2. The quantitative estimate of drug-likeness (QED) is 0.0897. The van der Waals surface area contributed by atoms with Gasteiger partial charge in [0.15, 0.2) is 5.82 Å².